The number of fused-ring (bicyclic) bond motifs is 3. The minimum absolute atomic E-state index is 0.0146. The second-order valence-electron chi connectivity index (χ2n) is 4.53. The largest absolute Gasteiger partial charge is 0.405 e. The van der Waals surface area contributed by atoms with Crippen LogP contribution in [0.3, 0.4) is 0 Å². The van der Waals surface area contributed by atoms with Gasteiger partial charge in [-0.1, -0.05) is 0 Å². The van der Waals surface area contributed by atoms with E-state index in [2.05, 4.69) is 5.32 Å². The molecule has 0 saturated carbocycles. The molecule has 0 spiro atoms. The van der Waals surface area contributed by atoms with Gasteiger partial charge in [-0.2, -0.15) is 13.2 Å². The van der Waals surface area contributed by atoms with Crippen LogP contribution >= 0.6 is 11.3 Å². The molecule has 0 radical (unpaired) electrons. The quantitative estimate of drug-likeness (QED) is 0.771. The molecule has 1 aromatic heterocycles. The predicted octanol–water partition coefficient (Wildman–Crippen LogP) is 2.18. The van der Waals surface area contributed by atoms with Crippen molar-refractivity contribution in [2.24, 2.45) is 0 Å². The van der Waals surface area contributed by atoms with Gasteiger partial charge in [0.25, 0.3) is 0 Å². The molecule has 2 atom stereocenters. The van der Waals surface area contributed by atoms with Crippen LogP contribution in [0, 0.1) is 0 Å². The Morgan fingerprint density at radius 3 is 2.94 bits per heavy atom. The van der Waals surface area contributed by atoms with Gasteiger partial charge in [0.05, 0.1) is 6.04 Å². The average molecular weight is 262 g/mol. The maximum absolute atomic E-state index is 12.9. The number of alkyl halides is 3. The van der Waals surface area contributed by atoms with Crippen molar-refractivity contribution in [3.8, 4) is 0 Å². The highest BCUT2D eigenvalue weighted by molar-refractivity contribution is 7.10. The fraction of sp³-hybridized carbons (Fsp3) is 0.636. The van der Waals surface area contributed by atoms with Crippen LogP contribution in [0.4, 0.5) is 13.2 Å². The Kier molecular flexibility index (Phi) is 2.68. The van der Waals surface area contributed by atoms with E-state index in [0.717, 1.165) is 11.3 Å². The van der Waals surface area contributed by atoms with Crippen molar-refractivity contribution < 1.29 is 13.2 Å². The molecule has 2 aliphatic heterocycles. The number of nitrogens with zero attached hydrogens (tertiary/aromatic N) is 1. The number of piperazine rings is 1. The van der Waals surface area contributed by atoms with E-state index < -0.39 is 12.2 Å². The Bertz CT molecular complexity index is 415. The summed E-state index contributed by atoms with van der Waals surface area (Å²) in [6.45, 7) is 1.15. The molecule has 0 aromatic carbocycles. The molecule has 94 valence electrons. The molecule has 0 aliphatic carbocycles. The van der Waals surface area contributed by atoms with Crippen LogP contribution in [-0.2, 0) is 6.42 Å². The Balaban J connectivity index is 1.92. The fourth-order valence-electron chi connectivity index (χ4n) is 2.76. The van der Waals surface area contributed by atoms with E-state index in [9.17, 15) is 13.2 Å². The summed E-state index contributed by atoms with van der Waals surface area (Å²) >= 11 is 1.57. The summed E-state index contributed by atoms with van der Waals surface area (Å²) in [6, 6.07) is 0.602. The lowest BCUT2D eigenvalue weighted by Gasteiger charge is -2.45. The summed E-state index contributed by atoms with van der Waals surface area (Å²) in [4.78, 5) is 2.73. The number of nitrogens with one attached hydrogen (secondary N) is 1. The molecule has 2 nitrogen and oxygen atoms in total. The van der Waals surface area contributed by atoms with Gasteiger partial charge in [-0.15, -0.1) is 11.3 Å². The van der Waals surface area contributed by atoms with Crippen LogP contribution < -0.4 is 5.32 Å². The number of hydrogen-bond acceptors (Lipinski definition) is 3. The van der Waals surface area contributed by atoms with Gasteiger partial charge in [-0.25, -0.2) is 0 Å². The predicted molar refractivity (Wildman–Crippen MR) is 60.2 cm³/mol. The molecule has 0 amide bonds. The maximum atomic E-state index is 12.9. The highest BCUT2D eigenvalue weighted by Crippen LogP contribution is 2.39. The van der Waals surface area contributed by atoms with Gasteiger partial charge in [0.1, 0.15) is 6.04 Å². The first kappa shape index (κ1) is 11.5. The normalized spacial score (nSPS) is 29.8. The number of hydrogen-bond donors (Lipinski definition) is 1. The highest BCUT2D eigenvalue weighted by Gasteiger charge is 2.49. The molecule has 2 unspecified atom stereocenters. The van der Waals surface area contributed by atoms with E-state index in [-0.39, 0.29) is 12.6 Å². The molecule has 3 rings (SSSR count). The Morgan fingerprint density at radius 2 is 2.18 bits per heavy atom. The first-order chi connectivity index (χ1) is 8.07. The van der Waals surface area contributed by atoms with Gasteiger partial charge in [0.2, 0.25) is 0 Å². The van der Waals surface area contributed by atoms with Crippen molar-refractivity contribution in [2.45, 2.75) is 24.7 Å². The van der Waals surface area contributed by atoms with Crippen molar-refractivity contribution in [1.82, 2.24) is 10.2 Å². The minimum Gasteiger partial charge on any atom is -0.313 e. The van der Waals surface area contributed by atoms with E-state index in [1.807, 2.05) is 11.4 Å². The summed E-state index contributed by atoms with van der Waals surface area (Å²) in [5.41, 5.74) is 1.22. The Labute approximate surface area is 101 Å². The van der Waals surface area contributed by atoms with Crippen LogP contribution in [0.1, 0.15) is 16.5 Å². The van der Waals surface area contributed by atoms with Crippen LogP contribution in [-0.4, -0.2) is 36.8 Å². The van der Waals surface area contributed by atoms with E-state index in [1.165, 1.54) is 5.56 Å². The highest BCUT2D eigenvalue weighted by atomic mass is 32.1. The van der Waals surface area contributed by atoms with Gasteiger partial charge in [-0.05, 0) is 23.4 Å². The summed E-state index contributed by atoms with van der Waals surface area (Å²) < 4.78 is 38.8. The van der Waals surface area contributed by atoms with Crippen LogP contribution in [0.5, 0.6) is 0 Å². The lowest BCUT2D eigenvalue weighted by molar-refractivity contribution is -0.195. The average Bonchev–Trinajstić information content (AvgIpc) is 2.75. The molecular weight excluding hydrogens is 249 g/mol. The summed E-state index contributed by atoms with van der Waals surface area (Å²) in [5, 5.41) is 4.89. The molecular formula is C11H13F3N2S. The van der Waals surface area contributed by atoms with E-state index in [1.54, 1.807) is 16.2 Å². The summed E-state index contributed by atoms with van der Waals surface area (Å²) in [6.07, 6.45) is -3.40. The Morgan fingerprint density at radius 1 is 1.35 bits per heavy atom. The number of halogens is 3. The third-order valence-corrected chi connectivity index (χ3v) is 4.64. The molecule has 17 heavy (non-hydrogen) atoms. The van der Waals surface area contributed by atoms with Crippen LogP contribution in [0.15, 0.2) is 11.4 Å². The van der Waals surface area contributed by atoms with Gasteiger partial charge in [-0.3, -0.25) is 4.90 Å². The standard InChI is InChI=1S/C11H13F3N2S/c12-11(13,14)9-6-15-5-8-10-7(2-4-17-10)1-3-16(8)9/h2,4,8-9,15H,1,3,5-6H2. The van der Waals surface area contributed by atoms with Gasteiger partial charge >= 0.3 is 6.18 Å². The Hall–Kier alpha value is -0.590. The van der Waals surface area contributed by atoms with Crippen molar-refractivity contribution >= 4 is 11.3 Å². The lowest BCUT2D eigenvalue weighted by Crippen LogP contribution is -2.60. The van der Waals surface area contributed by atoms with E-state index >= 15 is 0 Å². The van der Waals surface area contributed by atoms with Gasteiger partial charge < -0.3 is 5.32 Å². The van der Waals surface area contributed by atoms with Crippen LogP contribution in [0.25, 0.3) is 0 Å². The molecule has 0 bridgehead atoms. The van der Waals surface area contributed by atoms with E-state index in [0.29, 0.717) is 13.1 Å². The molecule has 2 aliphatic rings. The van der Waals surface area contributed by atoms with Crippen molar-refractivity contribution in [3.05, 3.63) is 21.9 Å². The first-order valence-corrected chi connectivity index (χ1v) is 6.55. The topological polar surface area (TPSA) is 15.3 Å². The lowest BCUT2D eigenvalue weighted by atomic mass is 9.96. The zero-order valence-corrected chi connectivity index (χ0v) is 9.94. The molecule has 6 heteroatoms. The molecule has 1 N–H and O–H groups in total. The molecule has 1 saturated heterocycles. The second kappa shape index (κ2) is 3.96. The zero-order chi connectivity index (χ0) is 12.0. The number of thiophene rings is 1. The third-order valence-electron chi connectivity index (χ3n) is 3.58. The van der Waals surface area contributed by atoms with Crippen molar-refractivity contribution in [1.29, 1.82) is 0 Å². The summed E-state index contributed by atoms with van der Waals surface area (Å²) in [5.74, 6) is 0. The minimum atomic E-state index is -4.14. The maximum Gasteiger partial charge on any atom is 0.405 e. The van der Waals surface area contributed by atoms with Crippen molar-refractivity contribution in [2.75, 3.05) is 19.6 Å². The smallest absolute Gasteiger partial charge is 0.313 e. The van der Waals surface area contributed by atoms with Gasteiger partial charge in [0, 0.05) is 24.5 Å². The van der Waals surface area contributed by atoms with E-state index in [4.69, 9.17) is 0 Å². The van der Waals surface area contributed by atoms with Gasteiger partial charge in [0.15, 0.2) is 0 Å². The SMILES string of the molecule is FC(F)(F)C1CNCC2c3sccc3CCN21. The molecule has 1 aromatic rings. The van der Waals surface area contributed by atoms with Crippen LogP contribution in [0.2, 0.25) is 0 Å². The third kappa shape index (κ3) is 1.88. The zero-order valence-electron chi connectivity index (χ0n) is 9.13. The summed E-state index contributed by atoms with van der Waals surface area (Å²) in [7, 11) is 0. The first-order valence-electron chi connectivity index (χ1n) is 5.67. The molecule has 1 fully saturated rings. The fourth-order valence-corrected chi connectivity index (χ4v) is 3.84. The molecule has 3 heterocycles. The second-order valence-corrected chi connectivity index (χ2v) is 5.48. The monoisotopic (exact) mass is 262 g/mol. The number of rotatable bonds is 0. The van der Waals surface area contributed by atoms with Crippen molar-refractivity contribution in [3.63, 3.8) is 0 Å².